The third-order valence-electron chi connectivity index (χ3n) is 3.41. The number of hydrogen-bond acceptors (Lipinski definition) is 5. The van der Waals surface area contributed by atoms with Crippen molar-refractivity contribution >= 4 is 22.4 Å². The van der Waals surface area contributed by atoms with Crippen molar-refractivity contribution < 1.29 is 13.9 Å². The first-order valence-corrected chi connectivity index (χ1v) is 7.78. The molecule has 124 valence electrons. The van der Waals surface area contributed by atoms with Gasteiger partial charge in [0, 0.05) is 17.1 Å². The van der Waals surface area contributed by atoms with Gasteiger partial charge >= 0.3 is 0 Å². The molecule has 0 bridgehead atoms. The lowest BCUT2D eigenvalue weighted by Gasteiger charge is -2.14. The molecular formula is C18H18FN3O2. The van der Waals surface area contributed by atoms with E-state index in [-0.39, 0.29) is 5.82 Å². The van der Waals surface area contributed by atoms with Crippen molar-refractivity contribution in [3.8, 4) is 11.5 Å². The molecule has 0 atom stereocenters. The van der Waals surface area contributed by atoms with Crippen LogP contribution >= 0.6 is 0 Å². The van der Waals surface area contributed by atoms with Gasteiger partial charge in [0.1, 0.15) is 18.0 Å². The van der Waals surface area contributed by atoms with Gasteiger partial charge in [0.25, 0.3) is 0 Å². The summed E-state index contributed by atoms with van der Waals surface area (Å²) in [5.74, 6) is 1.63. The molecule has 2 aromatic carbocycles. The van der Waals surface area contributed by atoms with Crippen LogP contribution in [-0.2, 0) is 0 Å². The summed E-state index contributed by atoms with van der Waals surface area (Å²) in [6.45, 7) is 4.90. The third kappa shape index (κ3) is 3.37. The van der Waals surface area contributed by atoms with Crippen LogP contribution in [0.25, 0.3) is 10.9 Å². The van der Waals surface area contributed by atoms with E-state index >= 15 is 0 Å². The second-order valence-corrected chi connectivity index (χ2v) is 5.04. The molecule has 0 spiro atoms. The Hall–Kier alpha value is -2.89. The molecule has 0 aliphatic carbocycles. The molecule has 24 heavy (non-hydrogen) atoms. The highest BCUT2D eigenvalue weighted by Crippen LogP contribution is 2.34. The fourth-order valence-electron chi connectivity index (χ4n) is 2.37. The van der Waals surface area contributed by atoms with E-state index < -0.39 is 0 Å². The van der Waals surface area contributed by atoms with Crippen molar-refractivity contribution in [1.29, 1.82) is 0 Å². The van der Waals surface area contributed by atoms with Gasteiger partial charge in [-0.3, -0.25) is 0 Å². The molecule has 0 radical (unpaired) electrons. The summed E-state index contributed by atoms with van der Waals surface area (Å²) in [6, 6.07) is 9.79. The maximum absolute atomic E-state index is 13.0. The highest BCUT2D eigenvalue weighted by Gasteiger charge is 2.12. The Morgan fingerprint density at radius 1 is 0.958 bits per heavy atom. The third-order valence-corrected chi connectivity index (χ3v) is 3.41. The minimum atomic E-state index is -0.284. The zero-order chi connectivity index (χ0) is 16.9. The van der Waals surface area contributed by atoms with Crippen molar-refractivity contribution in [3.63, 3.8) is 0 Å². The quantitative estimate of drug-likeness (QED) is 0.731. The molecular weight excluding hydrogens is 308 g/mol. The average Bonchev–Trinajstić information content (AvgIpc) is 2.58. The van der Waals surface area contributed by atoms with Crippen LogP contribution in [0.3, 0.4) is 0 Å². The van der Waals surface area contributed by atoms with E-state index in [1.54, 1.807) is 12.1 Å². The van der Waals surface area contributed by atoms with Gasteiger partial charge in [-0.25, -0.2) is 14.4 Å². The maximum atomic E-state index is 13.0. The number of anilines is 2. The smallest absolute Gasteiger partial charge is 0.163 e. The van der Waals surface area contributed by atoms with Crippen LogP contribution in [0.5, 0.6) is 11.5 Å². The predicted molar refractivity (Wildman–Crippen MR) is 91.6 cm³/mol. The Bertz CT molecular complexity index is 838. The van der Waals surface area contributed by atoms with Gasteiger partial charge in [-0.05, 0) is 44.2 Å². The highest BCUT2D eigenvalue weighted by molar-refractivity contribution is 5.93. The Labute approximate surface area is 139 Å². The van der Waals surface area contributed by atoms with Gasteiger partial charge in [-0.15, -0.1) is 0 Å². The summed E-state index contributed by atoms with van der Waals surface area (Å²) < 4.78 is 24.3. The fraction of sp³-hybridized carbons (Fsp3) is 0.222. The lowest BCUT2D eigenvalue weighted by molar-refractivity contribution is 0.288. The van der Waals surface area contributed by atoms with Gasteiger partial charge in [-0.2, -0.15) is 0 Å². The van der Waals surface area contributed by atoms with Gasteiger partial charge in [-0.1, -0.05) is 0 Å². The Morgan fingerprint density at radius 2 is 1.62 bits per heavy atom. The molecule has 1 heterocycles. The zero-order valence-electron chi connectivity index (χ0n) is 13.5. The minimum absolute atomic E-state index is 0.284. The van der Waals surface area contributed by atoms with Gasteiger partial charge in [0.15, 0.2) is 11.5 Å². The van der Waals surface area contributed by atoms with Crippen LogP contribution in [0.15, 0.2) is 42.7 Å². The number of rotatable bonds is 6. The zero-order valence-corrected chi connectivity index (χ0v) is 13.5. The van der Waals surface area contributed by atoms with E-state index in [2.05, 4.69) is 15.3 Å². The normalized spacial score (nSPS) is 10.6. The number of ether oxygens (including phenoxy) is 2. The predicted octanol–water partition coefficient (Wildman–Crippen LogP) is 4.31. The van der Waals surface area contributed by atoms with E-state index in [9.17, 15) is 4.39 Å². The van der Waals surface area contributed by atoms with Crippen molar-refractivity contribution in [3.05, 3.63) is 48.5 Å². The summed E-state index contributed by atoms with van der Waals surface area (Å²) in [4.78, 5) is 8.58. The van der Waals surface area contributed by atoms with Crippen LogP contribution in [-0.4, -0.2) is 23.2 Å². The Kier molecular flexibility index (Phi) is 4.74. The summed E-state index contributed by atoms with van der Waals surface area (Å²) in [6.07, 6.45) is 1.48. The van der Waals surface area contributed by atoms with Crippen molar-refractivity contribution in [2.75, 3.05) is 18.5 Å². The lowest BCUT2D eigenvalue weighted by atomic mass is 10.2. The first kappa shape index (κ1) is 16.0. The molecule has 6 heteroatoms. The first-order chi connectivity index (χ1) is 11.7. The Balaban J connectivity index is 2.04. The largest absolute Gasteiger partial charge is 0.490 e. The molecule has 0 unspecified atom stereocenters. The van der Waals surface area contributed by atoms with Crippen molar-refractivity contribution in [2.45, 2.75) is 13.8 Å². The van der Waals surface area contributed by atoms with Crippen molar-refractivity contribution in [1.82, 2.24) is 9.97 Å². The molecule has 0 aliphatic heterocycles. The molecule has 0 amide bonds. The molecule has 3 aromatic rings. The first-order valence-electron chi connectivity index (χ1n) is 7.78. The number of halogens is 1. The van der Waals surface area contributed by atoms with E-state index in [0.717, 1.165) is 16.6 Å². The van der Waals surface area contributed by atoms with E-state index in [1.165, 1.54) is 18.5 Å². The average molecular weight is 326 g/mol. The van der Waals surface area contributed by atoms with Crippen LogP contribution in [0.2, 0.25) is 0 Å². The van der Waals surface area contributed by atoms with E-state index in [4.69, 9.17) is 9.47 Å². The second kappa shape index (κ2) is 7.12. The molecule has 3 rings (SSSR count). The summed E-state index contributed by atoms with van der Waals surface area (Å²) in [5.41, 5.74) is 1.48. The molecule has 0 saturated heterocycles. The van der Waals surface area contributed by atoms with E-state index in [0.29, 0.717) is 30.5 Å². The monoisotopic (exact) mass is 326 g/mol. The maximum Gasteiger partial charge on any atom is 0.163 e. The number of hydrogen-bond donors (Lipinski definition) is 1. The summed E-state index contributed by atoms with van der Waals surface area (Å²) >= 11 is 0. The number of aromatic nitrogens is 2. The number of nitrogens with zero attached hydrogens (tertiary/aromatic N) is 2. The minimum Gasteiger partial charge on any atom is -0.490 e. The van der Waals surface area contributed by atoms with Crippen LogP contribution in [0.4, 0.5) is 15.9 Å². The molecule has 5 nitrogen and oxygen atoms in total. The van der Waals surface area contributed by atoms with Crippen LogP contribution in [0.1, 0.15) is 13.8 Å². The Morgan fingerprint density at radius 3 is 2.29 bits per heavy atom. The van der Waals surface area contributed by atoms with Crippen LogP contribution < -0.4 is 14.8 Å². The summed E-state index contributed by atoms with van der Waals surface area (Å²) in [7, 11) is 0. The van der Waals surface area contributed by atoms with Crippen molar-refractivity contribution in [2.24, 2.45) is 0 Å². The molecule has 0 fully saturated rings. The van der Waals surface area contributed by atoms with Gasteiger partial charge < -0.3 is 14.8 Å². The lowest BCUT2D eigenvalue weighted by Crippen LogP contribution is -2.01. The standard InChI is InChI=1S/C18H18FN3O2/c1-3-23-16-9-14-15(10-17(16)24-4-2)20-11-21-18(14)22-13-7-5-12(19)6-8-13/h5-11H,3-4H2,1-2H3,(H,20,21,22)/i19-1. The molecule has 1 aromatic heterocycles. The number of fused-ring (bicyclic) bond motifs is 1. The highest BCUT2D eigenvalue weighted by atomic mass is 18.2. The second-order valence-electron chi connectivity index (χ2n) is 5.04. The van der Waals surface area contributed by atoms with Gasteiger partial charge in [0.05, 0.1) is 18.7 Å². The van der Waals surface area contributed by atoms with Gasteiger partial charge in [0.2, 0.25) is 0 Å². The SMILES string of the molecule is CCOc1cc2ncnc(Nc3ccc([18F])cc3)c2cc1OCC. The summed E-state index contributed by atoms with van der Waals surface area (Å²) in [5, 5.41) is 3.98. The van der Waals surface area contributed by atoms with Crippen LogP contribution in [0, 0.1) is 5.82 Å². The number of nitrogens with one attached hydrogen (secondary N) is 1. The molecule has 1 N–H and O–H groups in total. The topological polar surface area (TPSA) is 56.3 Å². The molecule has 0 aliphatic rings. The number of benzene rings is 2. The fourth-order valence-corrected chi connectivity index (χ4v) is 2.37. The molecule has 0 saturated carbocycles. The van der Waals surface area contributed by atoms with E-state index in [1.807, 2.05) is 26.0 Å².